The van der Waals surface area contributed by atoms with E-state index in [1.54, 1.807) is 0 Å². The van der Waals surface area contributed by atoms with Gasteiger partial charge in [0.25, 0.3) is 0 Å². The van der Waals surface area contributed by atoms with Gasteiger partial charge in [0.1, 0.15) is 0 Å². The summed E-state index contributed by atoms with van der Waals surface area (Å²) in [5.41, 5.74) is 19.9. The van der Waals surface area contributed by atoms with E-state index in [4.69, 9.17) is 0 Å². The normalized spacial score (nSPS) is 15.2. The molecule has 0 amide bonds. The molecule has 0 unspecified atom stereocenters. The van der Waals surface area contributed by atoms with Gasteiger partial charge in [-0.1, -0.05) is 196 Å². The van der Waals surface area contributed by atoms with Crippen LogP contribution in [-0.2, 0) is 10.8 Å². The monoisotopic (exact) mass is 748 g/mol. The predicted molar refractivity (Wildman–Crippen MR) is 247 cm³/mol. The Kier molecular flexibility index (Phi) is 6.59. The third-order valence-corrected chi connectivity index (χ3v) is 14.4. The van der Waals surface area contributed by atoms with Gasteiger partial charge in [-0.3, -0.25) is 0 Å². The van der Waals surface area contributed by atoms with Gasteiger partial charge in [-0.05, 0) is 134 Å². The van der Waals surface area contributed by atoms with E-state index in [2.05, 4.69) is 214 Å². The zero-order valence-electron chi connectivity index (χ0n) is 33.1. The van der Waals surface area contributed by atoms with Crippen LogP contribution in [0.1, 0.15) is 69.8 Å². The van der Waals surface area contributed by atoms with Crippen LogP contribution < -0.4 is 0 Å². The van der Waals surface area contributed by atoms with Gasteiger partial charge >= 0.3 is 0 Å². The van der Waals surface area contributed by atoms with Crippen LogP contribution in [0, 0.1) is 0 Å². The van der Waals surface area contributed by atoms with E-state index >= 15 is 0 Å². The zero-order valence-corrected chi connectivity index (χ0v) is 33.1. The number of rotatable bonds is 2. The van der Waals surface area contributed by atoms with Gasteiger partial charge < -0.3 is 0 Å². The predicted octanol–water partition coefficient (Wildman–Crippen LogP) is 15.0. The Labute approximate surface area is 345 Å². The fraction of sp³-hybridized carbons (Fsp3) is 0.0847. The van der Waals surface area contributed by atoms with Crippen molar-refractivity contribution in [3.8, 4) is 33.4 Å². The summed E-state index contributed by atoms with van der Waals surface area (Å²) in [4.78, 5) is 0. The van der Waals surface area contributed by atoms with E-state index in [1.807, 2.05) is 0 Å². The van der Waals surface area contributed by atoms with Crippen LogP contribution in [0.15, 0.2) is 200 Å². The average Bonchev–Trinajstić information content (AvgIpc) is 3.76. The third-order valence-electron chi connectivity index (χ3n) is 14.4. The van der Waals surface area contributed by atoms with Crippen LogP contribution in [-0.4, -0.2) is 0 Å². The molecule has 0 aliphatic heterocycles. The third kappa shape index (κ3) is 4.23. The van der Waals surface area contributed by atoms with Gasteiger partial charge in [0, 0.05) is 11.3 Å². The van der Waals surface area contributed by atoms with Crippen LogP contribution in [0.3, 0.4) is 0 Å². The van der Waals surface area contributed by atoms with Crippen molar-refractivity contribution in [3.63, 3.8) is 0 Å². The first kappa shape index (κ1) is 33.0. The smallest absolute Gasteiger partial charge is 0.0619 e. The van der Waals surface area contributed by atoms with Crippen molar-refractivity contribution in [1.82, 2.24) is 0 Å². The SMILES string of the molecule is CC1(C)c2ccccc2C(c2cccc(-c3ccc4c(c3)c3ccccc3c3cc5c(cc43)C3(c4ccccc4-c4ccccc43)c3ccccc3-5)c2)c2ccccc21. The molecule has 3 aliphatic carbocycles. The minimum atomic E-state index is -0.378. The molecule has 0 bridgehead atoms. The number of fused-ring (bicyclic) bond motifs is 18. The van der Waals surface area contributed by atoms with Crippen LogP contribution in [0.4, 0.5) is 0 Å². The lowest BCUT2D eigenvalue weighted by Gasteiger charge is -2.39. The molecule has 0 heterocycles. The lowest BCUT2D eigenvalue weighted by Crippen LogP contribution is -2.29. The lowest BCUT2D eigenvalue weighted by molar-refractivity contribution is 0.597. The number of hydrogen-bond donors (Lipinski definition) is 0. The van der Waals surface area contributed by atoms with Gasteiger partial charge in [0.2, 0.25) is 0 Å². The van der Waals surface area contributed by atoms with Crippen molar-refractivity contribution in [2.45, 2.75) is 30.6 Å². The van der Waals surface area contributed by atoms with E-state index < -0.39 is 0 Å². The topological polar surface area (TPSA) is 0 Å². The molecule has 13 rings (SSSR count). The Morgan fingerprint density at radius 3 is 1.37 bits per heavy atom. The van der Waals surface area contributed by atoms with Gasteiger partial charge in [0.15, 0.2) is 0 Å². The van der Waals surface area contributed by atoms with Gasteiger partial charge in [0.05, 0.1) is 5.41 Å². The molecule has 0 nitrogen and oxygen atoms in total. The molecule has 10 aromatic rings. The first-order valence-corrected chi connectivity index (χ1v) is 21.0. The molecule has 0 N–H and O–H groups in total. The highest BCUT2D eigenvalue weighted by molar-refractivity contribution is 6.27. The molecule has 59 heavy (non-hydrogen) atoms. The second kappa shape index (κ2) is 11.8. The Hall–Kier alpha value is -7.02. The van der Waals surface area contributed by atoms with Gasteiger partial charge in [-0.25, -0.2) is 0 Å². The molecule has 10 aromatic carbocycles. The summed E-state index contributed by atoms with van der Waals surface area (Å²) in [6.07, 6.45) is 0. The maximum Gasteiger partial charge on any atom is 0.0725 e. The number of hydrogen-bond acceptors (Lipinski definition) is 0. The molecule has 0 radical (unpaired) electrons. The molecule has 0 saturated heterocycles. The summed E-state index contributed by atoms with van der Waals surface area (Å²) in [5, 5.41) is 7.80. The van der Waals surface area contributed by atoms with E-state index in [9.17, 15) is 0 Å². The lowest BCUT2D eigenvalue weighted by atomic mass is 9.64. The molecular weight excluding hydrogens is 709 g/mol. The fourth-order valence-corrected chi connectivity index (χ4v) is 11.9. The van der Waals surface area contributed by atoms with Crippen molar-refractivity contribution in [1.29, 1.82) is 0 Å². The Balaban J connectivity index is 1.04. The molecule has 0 atom stereocenters. The minimum Gasteiger partial charge on any atom is -0.0619 e. The molecule has 0 aromatic heterocycles. The highest BCUT2D eigenvalue weighted by Gasteiger charge is 2.51. The number of benzene rings is 10. The largest absolute Gasteiger partial charge is 0.0725 e. The Morgan fingerprint density at radius 1 is 0.305 bits per heavy atom. The average molecular weight is 749 g/mol. The Bertz CT molecular complexity index is 3340. The maximum absolute atomic E-state index is 2.57. The molecule has 3 aliphatic rings. The van der Waals surface area contributed by atoms with E-state index in [0.717, 1.165) is 0 Å². The summed E-state index contributed by atoms with van der Waals surface area (Å²) >= 11 is 0. The molecule has 0 fully saturated rings. The fourth-order valence-electron chi connectivity index (χ4n) is 11.9. The van der Waals surface area contributed by atoms with Crippen LogP contribution in [0.25, 0.3) is 65.7 Å². The Morgan fingerprint density at radius 2 is 0.763 bits per heavy atom. The first-order valence-electron chi connectivity index (χ1n) is 21.0. The van der Waals surface area contributed by atoms with Crippen molar-refractivity contribution in [2.24, 2.45) is 0 Å². The standard InChI is InChI=1S/C59H40/c1-58(2)51-25-10-8-23-45(51)57(46-24-9-11-26-52(46)58)38-17-15-16-36(32-38)37-30-31-41-47(33-37)39-18-3-4-19-40(39)48-34-50-44-22-7-14-29-55(44)59(56(50)35-49(41)48)53-27-12-5-20-42(53)43-21-6-13-28-54(43)59/h3-35,57H,1-2H3. The second-order valence-corrected chi connectivity index (χ2v) is 17.5. The minimum absolute atomic E-state index is 0.0590. The molecule has 1 spiro atoms. The maximum atomic E-state index is 2.57. The van der Waals surface area contributed by atoms with Crippen LogP contribution >= 0.6 is 0 Å². The van der Waals surface area contributed by atoms with Crippen molar-refractivity contribution >= 4 is 32.3 Å². The van der Waals surface area contributed by atoms with Gasteiger partial charge in [-0.15, -0.1) is 0 Å². The van der Waals surface area contributed by atoms with Crippen molar-refractivity contribution in [2.75, 3.05) is 0 Å². The quantitative estimate of drug-likeness (QED) is 0.154. The highest BCUT2D eigenvalue weighted by Crippen LogP contribution is 2.63. The molecular formula is C59H40. The van der Waals surface area contributed by atoms with Crippen molar-refractivity contribution < 1.29 is 0 Å². The highest BCUT2D eigenvalue weighted by atomic mass is 14.5. The van der Waals surface area contributed by atoms with E-state index in [1.165, 1.54) is 116 Å². The summed E-state index contributed by atoms with van der Waals surface area (Å²) in [6.45, 7) is 4.75. The van der Waals surface area contributed by atoms with Crippen LogP contribution in [0.5, 0.6) is 0 Å². The van der Waals surface area contributed by atoms with E-state index in [0.29, 0.717) is 0 Å². The summed E-state index contributed by atoms with van der Waals surface area (Å²) in [5.74, 6) is 0.171. The van der Waals surface area contributed by atoms with Gasteiger partial charge in [-0.2, -0.15) is 0 Å². The van der Waals surface area contributed by atoms with Crippen LogP contribution in [0.2, 0.25) is 0 Å². The molecule has 276 valence electrons. The first-order chi connectivity index (χ1) is 29.0. The van der Waals surface area contributed by atoms with Crippen molar-refractivity contribution in [3.05, 3.63) is 250 Å². The summed E-state index contributed by atoms with van der Waals surface area (Å²) in [7, 11) is 0. The molecule has 0 heteroatoms. The second-order valence-electron chi connectivity index (χ2n) is 17.5. The summed E-state index contributed by atoms with van der Waals surface area (Å²) in [6, 6.07) is 76.2. The molecule has 0 saturated carbocycles. The van der Waals surface area contributed by atoms with E-state index in [-0.39, 0.29) is 16.7 Å². The summed E-state index contributed by atoms with van der Waals surface area (Å²) < 4.78 is 0. The zero-order chi connectivity index (χ0) is 39.0.